The largest absolute Gasteiger partial charge is 0.497 e. The number of aryl methyl sites for hydroxylation is 3. The van der Waals surface area contributed by atoms with E-state index in [1.54, 1.807) is 31.4 Å². The van der Waals surface area contributed by atoms with Crippen LogP contribution in [0.2, 0.25) is 0 Å². The minimum absolute atomic E-state index is 0.149. The number of benzene rings is 3. The van der Waals surface area contributed by atoms with Gasteiger partial charge in [-0.05, 0) is 80.1 Å². The second-order valence-electron chi connectivity index (χ2n) is 9.64. The van der Waals surface area contributed by atoms with Crippen LogP contribution in [0.15, 0.2) is 71.6 Å². The molecule has 192 valence electrons. The predicted molar refractivity (Wildman–Crippen MR) is 145 cm³/mol. The number of methoxy groups -OCH3 is 1. The molecule has 0 fully saturated rings. The monoisotopic (exact) mass is 508 g/mol. The smallest absolute Gasteiger partial charge is 0.264 e. The first kappa shape index (κ1) is 27.3. The molecule has 36 heavy (non-hydrogen) atoms. The summed E-state index contributed by atoms with van der Waals surface area (Å²) in [5.41, 5.74) is 4.09. The van der Waals surface area contributed by atoms with Crippen LogP contribution < -0.4 is 14.4 Å². The number of anilines is 1. The number of carbonyl (C=O) groups excluding carboxylic acids is 1. The van der Waals surface area contributed by atoms with Crippen molar-refractivity contribution in [3.8, 4) is 5.75 Å². The van der Waals surface area contributed by atoms with Crippen molar-refractivity contribution in [2.75, 3.05) is 18.0 Å². The Morgan fingerprint density at radius 1 is 0.917 bits per heavy atom. The Hall–Kier alpha value is -3.32. The normalized spacial score (nSPS) is 12.3. The van der Waals surface area contributed by atoms with Crippen molar-refractivity contribution in [1.29, 1.82) is 0 Å². The minimum Gasteiger partial charge on any atom is -0.497 e. The number of rotatable bonds is 10. The Bertz CT molecular complexity index is 1280. The van der Waals surface area contributed by atoms with Gasteiger partial charge in [0.15, 0.2) is 0 Å². The Balaban J connectivity index is 1.96. The van der Waals surface area contributed by atoms with Crippen molar-refractivity contribution in [2.24, 2.45) is 5.92 Å². The molecule has 0 saturated carbocycles. The molecule has 3 rings (SSSR count). The third kappa shape index (κ3) is 6.66. The summed E-state index contributed by atoms with van der Waals surface area (Å²) in [5.74, 6) is 0.690. The molecule has 0 radical (unpaired) electrons. The molecule has 0 spiro atoms. The Morgan fingerprint density at radius 2 is 1.53 bits per heavy atom. The summed E-state index contributed by atoms with van der Waals surface area (Å²) in [7, 11) is -2.37. The van der Waals surface area contributed by atoms with Crippen molar-refractivity contribution in [2.45, 2.75) is 52.0 Å². The summed E-state index contributed by atoms with van der Waals surface area (Å²) in [6.45, 7) is 9.51. The molecule has 1 amide bonds. The fourth-order valence-electron chi connectivity index (χ4n) is 4.08. The van der Waals surface area contributed by atoms with Gasteiger partial charge >= 0.3 is 0 Å². The van der Waals surface area contributed by atoms with Crippen molar-refractivity contribution in [3.63, 3.8) is 0 Å². The van der Waals surface area contributed by atoms with Gasteiger partial charge < -0.3 is 10.1 Å². The fourth-order valence-corrected chi connectivity index (χ4v) is 5.56. The van der Waals surface area contributed by atoms with Crippen LogP contribution in [0.4, 0.5) is 5.69 Å². The zero-order valence-electron chi connectivity index (χ0n) is 21.9. The van der Waals surface area contributed by atoms with E-state index in [1.165, 1.54) is 4.31 Å². The first-order valence-electron chi connectivity index (χ1n) is 12.1. The molecule has 1 unspecified atom stereocenters. The van der Waals surface area contributed by atoms with Gasteiger partial charge in [0.2, 0.25) is 5.91 Å². The Morgan fingerprint density at radius 3 is 2.11 bits per heavy atom. The van der Waals surface area contributed by atoms with Gasteiger partial charge in [-0.15, -0.1) is 0 Å². The van der Waals surface area contributed by atoms with E-state index in [9.17, 15) is 13.2 Å². The van der Waals surface area contributed by atoms with Gasteiger partial charge in [0.25, 0.3) is 10.0 Å². The number of nitrogens with one attached hydrogen (secondary N) is 1. The molecule has 0 aliphatic carbocycles. The molecule has 0 saturated heterocycles. The van der Waals surface area contributed by atoms with Crippen LogP contribution in [-0.2, 0) is 14.8 Å². The second-order valence-corrected chi connectivity index (χ2v) is 11.5. The van der Waals surface area contributed by atoms with Crippen LogP contribution >= 0.6 is 0 Å². The van der Waals surface area contributed by atoms with E-state index in [4.69, 9.17) is 4.74 Å². The van der Waals surface area contributed by atoms with Gasteiger partial charge in [-0.1, -0.05) is 55.8 Å². The van der Waals surface area contributed by atoms with E-state index < -0.39 is 10.0 Å². The molecule has 0 heterocycles. The third-order valence-corrected chi connectivity index (χ3v) is 7.86. The van der Waals surface area contributed by atoms with E-state index in [2.05, 4.69) is 19.2 Å². The van der Waals surface area contributed by atoms with Crippen molar-refractivity contribution in [3.05, 3.63) is 89.0 Å². The number of carbonyl (C=O) groups is 1. The van der Waals surface area contributed by atoms with E-state index in [1.807, 2.05) is 63.2 Å². The summed E-state index contributed by atoms with van der Waals surface area (Å²) < 4.78 is 34.0. The van der Waals surface area contributed by atoms with Crippen LogP contribution in [0.1, 0.15) is 48.6 Å². The van der Waals surface area contributed by atoms with Gasteiger partial charge in [0, 0.05) is 0 Å². The number of sulfonamides is 1. The third-order valence-electron chi connectivity index (χ3n) is 6.09. The van der Waals surface area contributed by atoms with Gasteiger partial charge in [-0.3, -0.25) is 9.10 Å². The lowest BCUT2D eigenvalue weighted by Crippen LogP contribution is -2.42. The highest BCUT2D eigenvalue weighted by Crippen LogP contribution is 2.29. The van der Waals surface area contributed by atoms with Crippen LogP contribution in [0.3, 0.4) is 0 Å². The molecular weight excluding hydrogens is 472 g/mol. The van der Waals surface area contributed by atoms with Crippen LogP contribution in [0.5, 0.6) is 5.75 Å². The van der Waals surface area contributed by atoms with Crippen LogP contribution in [0.25, 0.3) is 0 Å². The van der Waals surface area contributed by atoms with Gasteiger partial charge in [0.1, 0.15) is 12.3 Å². The van der Waals surface area contributed by atoms with Gasteiger partial charge in [-0.2, -0.15) is 0 Å². The van der Waals surface area contributed by atoms with Gasteiger partial charge in [0.05, 0.1) is 23.7 Å². The van der Waals surface area contributed by atoms with Crippen LogP contribution in [-0.4, -0.2) is 28.0 Å². The molecule has 0 aliphatic rings. The number of amides is 1. The summed E-state index contributed by atoms with van der Waals surface area (Å²) in [4.78, 5) is 13.6. The zero-order valence-corrected chi connectivity index (χ0v) is 22.7. The maximum Gasteiger partial charge on any atom is 0.264 e. The lowest BCUT2D eigenvalue weighted by atomic mass is 9.97. The molecule has 1 N–H and O–H groups in total. The zero-order chi connectivity index (χ0) is 26.5. The van der Waals surface area contributed by atoms with Crippen molar-refractivity contribution in [1.82, 2.24) is 5.32 Å². The Labute approximate surface area is 215 Å². The highest BCUT2D eigenvalue weighted by atomic mass is 32.2. The molecule has 6 nitrogen and oxygen atoms in total. The first-order chi connectivity index (χ1) is 17.0. The second kappa shape index (κ2) is 11.6. The average Bonchev–Trinajstić information content (AvgIpc) is 2.84. The number of ether oxygens (including phenoxy) is 1. The van der Waals surface area contributed by atoms with Crippen molar-refractivity contribution >= 4 is 21.6 Å². The molecule has 0 aliphatic heterocycles. The quantitative estimate of drug-likeness (QED) is 0.380. The number of nitrogens with zero attached hydrogens (tertiary/aromatic N) is 1. The number of hydrogen-bond donors (Lipinski definition) is 1. The van der Waals surface area contributed by atoms with Gasteiger partial charge in [-0.25, -0.2) is 8.42 Å². The van der Waals surface area contributed by atoms with E-state index in [0.29, 0.717) is 18.0 Å². The lowest BCUT2D eigenvalue weighted by molar-refractivity contribution is -0.120. The summed E-state index contributed by atoms with van der Waals surface area (Å²) in [6, 6.07) is 19.6. The molecule has 3 aromatic rings. The summed E-state index contributed by atoms with van der Waals surface area (Å²) in [6.07, 6.45) is 0.715. The summed E-state index contributed by atoms with van der Waals surface area (Å²) in [5, 5.41) is 3.08. The van der Waals surface area contributed by atoms with E-state index in [-0.39, 0.29) is 23.4 Å². The highest BCUT2D eigenvalue weighted by molar-refractivity contribution is 7.92. The molecule has 0 aromatic heterocycles. The maximum absolute atomic E-state index is 13.8. The van der Waals surface area contributed by atoms with Crippen molar-refractivity contribution < 1.29 is 17.9 Å². The topological polar surface area (TPSA) is 75.7 Å². The predicted octanol–water partition coefficient (Wildman–Crippen LogP) is 5.72. The first-order valence-corrected chi connectivity index (χ1v) is 13.5. The molecule has 1 atom stereocenters. The molecular formula is C29H36N2O4S. The SMILES string of the molecule is COc1ccc(C(CC(C)C)NC(=O)CN(c2cc(C)ccc2C)S(=O)(=O)c2ccc(C)cc2)cc1. The van der Waals surface area contributed by atoms with E-state index in [0.717, 1.165) is 28.0 Å². The van der Waals surface area contributed by atoms with E-state index >= 15 is 0 Å². The molecule has 7 heteroatoms. The average molecular weight is 509 g/mol. The Kier molecular flexibility index (Phi) is 8.79. The number of hydrogen-bond acceptors (Lipinski definition) is 4. The maximum atomic E-state index is 13.8. The van der Waals surface area contributed by atoms with Crippen LogP contribution in [0, 0.1) is 26.7 Å². The standard InChI is InChI=1S/C29H36N2O4S/c1-20(2)17-27(24-11-13-25(35-6)14-12-24)30-29(32)19-31(28-18-22(4)7-10-23(28)5)36(33,34)26-15-8-21(3)9-16-26/h7-16,18,20,27H,17,19H2,1-6H3,(H,30,32). The highest BCUT2D eigenvalue weighted by Gasteiger charge is 2.29. The summed E-state index contributed by atoms with van der Waals surface area (Å²) >= 11 is 0. The minimum atomic E-state index is -3.98. The molecule has 3 aromatic carbocycles. The lowest BCUT2D eigenvalue weighted by Gasteiger charge is -2.28. The molecule has 0 bridgehead atoms. The fraction of sp³-hybridized carbons (Fsp3) is 0.345.